The lowest BCUT2D eigenvalue weighted by atomic mass is 10.2. The first-order valence-electron chi connectivity index (χ1n) is 6.18. The van der Waals surface area contributed by atoms with Crippen LogP contribution in [0.25, 0.3) is 0 Å². The lowest BCUT2D eigenvalue weighted by molar-refractivity contribution is -0.384. The van der Waals surface area contributed by atoms with Gasteiger partial charge in [0.1, 0.15) is 5.82 Å². The van der Waals surface area contributed by atoms with Crippen LogP contribution in [0, 0.1) is 15.9 Å². The van der Waals surface area contributed by atoms with Crippen LogP contribution in [0.1, 0.15) is 20.7 Å². The second-order valence-electron chi connectivity index (χ2n) is 4.34. The van der Waals surface area contributed by atoms with E-state index in [1.165, 1.54) is 24.3 Å². The second-order valence-corrected chi connectivity index (χ2v) is 4.77. The van der Waals surface area contributed by atoms with Gasteiger partial charge in [0.2, 0.25) is 0 Å². The van der Waals surface area contributed by atoms with E-state index in [1.807, 2.05) is 5.43 Å². The van der Waals surface area contributed by atoms with E-state index in [1.54, 1.807) is 0 Å². The van der Waals surface area contributed by atoms with Crippen LogP contribution in [0.3, 0.4) is 0 Å². The Hall–Kier alpha value is -3.00. The molecule has 2 aromatic rings. The Morgan fingerprint density at radius 3 is 2.22 bits per heavy atom. The Labute approximate surface area is 134 Å². The van der Waals surface area contributed by atoms with Crippen LogP contribution in [0.2, 0.25) is 5.02 Å². The number of carbonyl (C=O) groups is 2. The number of hydrazine groups is 1. The van der Waals surface area contributed by atoms with Crippen molar-refractivity contribution in [2.45, 2.75) is 0 Å². The van der Waals surface area contributed by atoms with Gasteiger partial charge in [-0.3, -0.25) is 30.6 Å². The van der Waals surface area contributed by atoms with E-state index in [9.17, 15) is 24.1 Å². The van der Waals surface area contributed by atoms with Gasteiger partial charge in [-0.25, -0.2) is 4.39 Å². The monoisotopic (exact) mass is 337 g/mol. The largest absolute Gasteiger partial charge is 0.272 e. The summed E-state index contributed by atoms with van der Waals surface area (Å²) in [6.45, 7) is 0. The maximum Gasteiger partial charge on any atom is 0.272 e. The van der Waals surface area contributed by atoms with Crippen LogP contribution < -0.4 is 10.9 Å². The molecule has 9 heteroatoms. The van der Waals surface area contributed by atoms with Gasteiger partial charge in [-0.1, -0.05) is 11.6 Å². The molecular weight excluding hydrogens is 329 g/mol. The van der Waals surface area contributed by atoms with Gasteiger partial charge in [-0.15, -0.1) is 0 Å². The first-order valence-corrected chi connectivity index (χ1v) is 6.56. The minimum absolute atomic E-state index is 0.0903. The van der Waals surface area contributed by atoms with Gasteiger partial charge in [0.15, 0.2) is 0 Å². The molecule has 0 aromatic heterocycles. The number of hydrogen-bond acceptors (Lipinski definition) is 4. The summed E-state index contributed by atoms with van der Waals surface area (Å²) in [5.41, 5.74) is 3.74. The number of halogens is 2. The fraction of sp³-hybridized carbons (Fsp3) is 0. The third kappa shape index (κ3) is 4.01. The predicted octanol–water partition coefficient (Wildman–Crippen LogP) is 2.46. The van der Waals surface area contributed by atoms with E-state index in [0.29, 0.717) is 0 Å². The van der Waals surface area contributed by atoms with Gasteiger partial charge in [-0.05, 0) is 30.3 Å². The van der Waals surface area contributed by atoms with Gasteiger partial charge >= 0.3 is 0 Å². The molecular formula is C14H9ClFN3O4. The fourth-order valence-electron chi connectivity index (χ4n) is 1.66. The zero-order valence-corrected chi connectivity index (χ0v) is 12.1. The molecule has 0 radical (unpaired) electrons. The number of nitrogens with one attached hydrogen (secondary N) is 2. The standard InChI is InChI=1S/C14H9ClFN3O4/c15-9-3-6-11(12(16)7-9)14(21)18-17-13(20)8-1-4-10(5-2-8)19(22)23/h1-7H,(H,17,20)(H,18,21). The highest BCUT2D eigenvalue weighted by molar-refractivity contribution is 6.30. The molecule has 2 aromatic carbocycles. The molecule has 0 aliphatic rings. The maximum atomic E-state index is 13.5. The number of amides is 2. The van der Waals surface area contributed by atoms with Crippen LogP contribution in [-0.4, -0.2) is 16.7 Å². The Bertz CT molecular complexity index is 780. The molecule has 0 aliphatic carbocycles. The summed E-state index contributed by atoms with van der Waals surface area (Å²) >= 11 is 5.57. The summed E-state index contributed by atoms with van der Waals surface area (Å²) in [4.78, 5) is 33.5. The van der Waals surface area contributed by atoms with Gasteiger partial charge in [0.25, 0.3) is 17.5 Å². The molecule has 2 rings (SSSR count). The highest BCUT2D eigenvalue weighted by Gasteiger charge is 2.14. The van der Waals surface area contributed by atoms with E-state index in [2.05, 4.69) is 5.43 Å². The van der Waals surface area contributed by atoms with Crippen molar-refractivity contribution in [1.29, 1.82) is 0 Å². The van der Waals surface area contributed by atoms with Crippen molar-refractivity contribution >= 4 is 29.1 Å². The Morgan fingerprint density at radius 2 is 1.65 bits per heavy atom. The topological polar surface area (TPSA) is 101 Å². The molecule has 0 unspecified atom stereocenters. The van der Waals surface area contributed by atoms with E-state index >= 15 is 0 Å². The van der Waals surface area contributed by atoms with Crippen LogP contribution in [0.15, 0.2) is 42.5 Å². The number of non-ortho nitro benzene ring substituents is 1. The van der Waals surface area contributed by atoms with Crippen molar-refractivity contribution in [2.24, 2.45) is 0 Å². The fourth-order valence-corrected chi connectivity index (χ4v) is 1.82. The number of nitro groups is 1. The average molecular weight is 338 g/mol. The molecule has 23 heavy (non-hydrogen) atoms. The van der Waals surface area contributed by atoms with Gasteiger partial charge in [0, 0.05) is 22.7 Å². The molecule has 7 nitrogen and oxygen atoms in total. The van der Waals surface area contributed by atoms with Crippen molar-refractivity contribution < 1.29 is 18.9 Å². The van der Waals surface area contributed by atoms with Crippen LogP contribution in [-0.2, 0) is 0 Å². The Kier molecular flexibility index (Phi) is 4.87. The second kappa shape index (κ2) is 6.84. The zero-order chi connectivity index (χ0) is 17.0. The summed E-state index contributed by atoms with van der Waals surface area (Å²) in [5, 5.41) is 10.6. The number of nitro benzene ring substituents is 1. The third-order valence-corrected chi connectivity index (χ3v) is 3.04. The van der Waals surface area contributed by atoms with Gasteiger partial charge < -0.3 is 0 Å². The average Bonchev–Trinajstić information content (AvgIpc) is 2.52. The minimum Gasteiger partial charge on any atom is -0.267 e. The van der Waals surface area contributed by atoms with E-state index in [0.717, 1.165) is 18.2 Å². The van der Waals surface area contributed by atoms with Gasteiger partial charge in [-0.2, -0.15) is 0 Å². The molecule has 118 valence electrons. The molecule has 2 N–H and O–H groups in total. The molecule has 0 fully saturated rings. The van der Waals surface area contributed by atoms with Crippen molar-refractivity contribution in [3.63, 3.8) is 0 Å². The summed E-state index contributed by atoms with van der Waals surface area (Å²) in [5.74, 6) is -2.41. The third-order valence-electron chi connectivity index (χ3n) is 2.81. The molecule has 0 aliphatic heterocycles. The van der Waals surface area contributed by atoms with Crippen LogP contribution in [0.4, 0.5) is 10.1 Å². The minimum atomic E-state index is -0.866. The van der Waals surface area contributed by atoms with Crippen molar-refractivity contribution in [3.8, 4) is 0 Å². The lowest BCUT2D eigenvalue weighted by Crippen LogP contribution is -2.41. The van der Waals surface area contributed by atoms with Crippen molar-refractivity contribution in [2.75, 3.05) is 0 Å². The summed E-state index contributed by atoms with van der Waals surface area (Å²) in [7, 11) is 0. The quantitative estimate of drug-likeness (QED) is 0.663. The molecule has 0 heterocycles. The summed E-state index contributed by atoms with van der Waals surface area (Å²) < 4.78 is 13.5. The van der Waals surface area contributed by atoms with E-state index in [-0.39, 0.29) is 21.8 Å². The highest BCUT2D eigenvalue weighted by Crippen LogP contribution is 2.14. The molecule has 0 saturated heterocycles. The molecule has 0 spiro atoms. The summed E-state index contributed by atoms with van der Waals surface area (Å²) in [6, 6.07) is 8.22. The Morgan fingerprint density at radius 1 is 1.04 bits per heavy atom. The van der Waals surface area contributed by atoms with Crippen molar-refractivity contribution in [1.82, 2.24) is 10.9 Å². The normalized spacial score (nSPS) is 10.0. The number of rotatable bonds is 3. The number of carbonyl (C=O) groups excluding carboxylic acids is 2. The first-order chi connectivity index (χ1) is 10.9. The predicted molar refractivity (Wildman–Crippen MR) is 79.4 cm³/mol. The van der Waals surface area contributed by atoms with E-state index < -0.39 is 22.6 Å². The number of benzene rings is 2. The van der Waals surface area contributed by atoms with Crippen LogP contribution >= 0.6 is 11.6 Å². The zero-order valence-electron chi connectivity index (χ0n) is 11.4. The van der Waals surface area contributed by atoms with Gasteiger partial charge in [0.05, 0.1) is 10.5 Å². The van der Waals surface area contributed by atoms with Crippen LogP contribution in [0.5, 0.6) is 0 Å². The molecule has 0 bridgehead atoms. The smallest absolute Gasteiger partial charge is 0.267 e. The number of nitrogens with zero attached hydrogens (tertiary/aromatic N) is 1. The van der Waals surface area contributed by atoms with Crippen molar-refractivity contribution in [3.05, 3.63) is 74.5 Å². The lowest BCUT2D eigenvalue weighted by Gasteiger charge is -2.08. The SMILES string of the molecule is O=C(NNC(=O)c1ccc(Cl)cc1F)c1ccc([N+](=O)[O-])cc1. The maximum absolute atomic E-state index is 13.5. The molecule has 2 amide bonds. The molecule has 0 saturated carbocycles. The Balaban J connectivity index is 2.00. The molecule has 0 atom stereocenters. The van der Waals surface area contributed by atoms with E-state index in [4.69, 9.17) is 11.6 Å². The highest BCUT2D eigenvalue weighted by atomic mass is 35.5. The summed E-state index contributed by atoms with van der Waals surface area (Å²) in [6.07, 6.45) is 0. The number of hydrogen-bond donors (Lipinski definition) is 2. The first kappa shape index (κ1) is 16.4.